The van der Waals surface area contributed by atoms with Crippen LogP contribution in [-0.4, -0.2) is 35.4 Å². The van der Waals surface area contributed by atoms with Crippen LogP contribution in [0, 0.1) is 6.92 Å². The Morgan fingerprint density at radius 1 is 1.36 bits per heavy atom. The van der Waals surface area contributed by atoms with Crippen molar-refractivity contribution >= 4 is 17.5 Å². The van der Waals surface area contributed by atoms with Gasteiger partial charge in [0.05, 0.1) is 16.9 Å². The first-order valence-corrected chi connectivity index (χ1v) is 7.69. The number of carbonyl (C=O) groups excluding carboxylic acids is 1. The molecule has 1 aromatic carbocycles. The second-order valence-electron chi connectivity index (χ2n) is 4.80. The second-order valence-corrected chi connectivity index (χ2v) is 5.16. The van der Waals surface area contributed by atoms with E-state index in [1.54, 1.807) is 11.6 Å². The second kappa shape index (κ2) is 7.96. The van der Waals surface area contributed by atoms with Crippen LogP contribution in [0.3, 0.4) is 0 Å². The molecule has 0 bridgehead atoms. The van der Waals surface area contributed by atoms with Crippen molar-refractivity contribution < 1.29 is 9.53 Å². The van der Waals surface area contributed by atoms with E-state index in [0.29, 0.717) is 36.2 Å². The van der Waals surface area contributed by atoms with Gasteiger partial charge < -0.3 is 10.1 Å². The van der Waals surface area contributed by atoms with Gasteiger partial charge in [0, 0.05) is 19.8 Å². The van der Waals surface area contributed by atoms with Gasteiger partial charge in [0.25, 0.3) is 5.91 Å². The van der Waals surface area contributed by atoms with E-state index in [4.69, 9.17) is 16.3 Å². The van der Waals surface area contributed by atoms with Crippen LogP contribution in [0.4, 0.5) is 0 Å². The average molecular weight is 322 g/mol. The van der Waals surface area contributed by atoms with Crippen LogP contribution < -0.4 is 5.32 Å². The zero-order valence-corrected chi connectivity index (χ0v) is 13.6. The van der Waals surface area contributed by atoms with E-state index in [1.165, 1.54) is 0 Å². The van der Waals surface area contributed by atoms with E-state index in [2.05, 4.69) is 10.4 Å². The Bertz CT molecular complexity index is 626. The molecule has 1 N–H and O–H groups in total. The molecule has 2 rings (SSSR count). The van der Waals surface area contributed by atoms with Gasteiger partial charge in [-0.2, -0.15) is 5.10 Å². The van der Waals surface area contributed by atoms with Gasteiger partial charge in [-0.05, 0) is 32.4 Å². The molecule has 1 amide bonds. The molecule has 0 aliphatic heterocycles. The predicted octanol–water partition coefficient (Wildman–Crippen LogP) is 2.99. The monoisotopic (exact) mass is 321 g/mol. The fourth-order valence-electron chi connectivity index (χ4n) is 2.11. The van der Waals surface area contributed by atoms with Crippen molar-refractivity contribution in [2.75, 3.05) is 19.8 Å². The molecule has 0 spiro atoms. The number of ether oxygens (including phenoxy) is 1. The summed E-state index contributed by atoms with van der Waals surface area (Å²) in [7, 11) is 0. The lowest BCUT2D eigenvalue weighted by Crippen LogP contribution is -2.26. The van der Waals surface area contributed by atoms with Crippen LogP contribution in [0.5, 0.6) is 0 Å². The summed E-state index contributed by atoms with van der Waals surface area (Å²) in [4.78, 5) is 12.3. The molecule has 22 heavy (non-hydrogen) atoms. The van der Waals surface area contributed by atoms with Crippen molar-refractivity contribution in [3.8, 4) is 5.69 Å². The predicted molar refractivity (Wildman–Crippen MR) is 86.8 cm³/mol. The summed E-state index contributed by atoms with van der Waals surface area (Å²) < 4.78 is 6.81. The van der Waals surface area contributed by atoms with Gasteiger partial charge in [-0.3, -0.25) is 4.79 Å². The summed E-state index contributed by atoms with van der Waals surface area (Å²) in [6.07, 6.45) is 0.767. The number of rotatable bonds is 7. The topological polar surface area (TPSA) is 56.1 Å². The van der Waals surface area contributed by atoms with Gasteiger partial charge in [-0.1, -0.05) is 29.8 Å². The first kappa shape index (κ1) is 16.5. The zero-order valence-electron chi connectivity index (χ0n) is 12.8. The number of hydrogen-bond acceptors (Lipinski definition) is 3. The molecule has 0 fully saturated rings. The summed E-state index contributed by atoms with van der Waals surface area (Å²) in [6.45, 7) is 5.58. The quantitative estimate of drug-likeness (QED) is 0.798. The number of amides is 1. The van der Waals surface area contributed by atoms with E-state index in [0.717, 1.165) is 12.1 Å². The van der Waals surface area contributed by atoms with Crippen LogP contribution in [0.2, 0.25) is 5.15 Å². The number of carbonyl (C=O) groups is 1. The summed E-state index contributed by atoms with van der Waals surface area (Å²) in [5.41, 5.74) is 1.85. The summed E-state index contributed by atoms with van der Waals surface area (Å²) in [5, 5.41) is 7.53. The van der Waals surface area contributed by atoms with Crippen molar-refractivity contribution in [3.05, 3.63) is 46.7 Å². The van der Waals surface area contributed by atoms with Gasteiger partial charge >= 0.3 is 0 Å². The van der Waals surface area contributed by atoms with Crippen LogP contribution in [0.15, 0.2) is 30.3 Å². The van der Waals surface area contributed by atoms with Crippen molar-refractivity contribution in [1.29, 1.82) is 0 Å². The van der Waals surface area contributed by atoms with Crippen LogP contribution in [0.1, 0.15) is 29.4 Å². The lowest BCUT2D eigenvalue weighted by molar-refractivity contribution is 0.0944. The Hall–Kier alpha value is -1.85. The van der Waals surface area contributed by atoms with Crippen molar-refractivity contribution in [2.24, 2.45) is 0 Å². The average Bonchev–Trinajstić information content (AvgIpc) is 2.82. The maximum Gasteiger partial charge on any atom is 0.256 e. The zero-order chi connectivity index (χ0) is 15.9. The maximum atomic E-state index is 12.3. The molecular weight excluding hydrogens is 302 g/mol. The van der Waals surface area contributed by atoms with Crippen molar-refractivity contribution in [1.82, 2.24) is 15.1 Å². The van der Waals surface area contributed by atoms with Crippen LogP contribution in [0.25, 0.3) is 5.69 Å². The lowest BCUT2D eigenvalue weighted by atomic mass is 10.2. The molecule has 0 atom stereocenters. The Morgan fingerprint density at radius 2 is 2.09 bits per heavy atom. The van der Waals surface area contributed by atoms with E-state index in [9.17, 15) is 4.79 Å². The molecular formula is C16H20ClN3O2. The molecule has 5 nitrogen and oxygen atoms in total. The summed E-state index contributed by atoms with van der Waals surface area (Å²) in [6, 6.07) is 9.50. The Labute approximate surface area is 135 Å². The van der Waals surface area contributed by atoms with Crippen molar-refractivity contribution in [2.45, 2.75) is 20.3 Å². The molecule has 2 aromatic rings. The third kappa shape index (κ3) is 3.87. The molecule has 0 unspecified atom stereocenters. The normalized spacial score (nSPS) is 10.7. The molecule has 1 heterocycles. The fourth-order valence-corrected chi connectivity index (χ4v) is 2.46. The molecule has 0 saturated carbocycles. The Balaban J connectivity index is 2.08. The molecule has 6 heteroatoms. The molecule has 118 valence electrons. The maximum absolute atomic E-state index is 12.3. The van der Waals surface area contributed by atoms with E-state index >= 15 is 0 Å². The number of hydrogen-bond donors (Lipinski definition) is 1. The highest BCUT2D eigenvalue weighted by Gasteiger charge is 2.20. The van der Waals surface area contributed by atoms with Gasteiger partial charge in [0.1, 0.15) is 5.15 Å². The standard InChI is InChI=1S/C16H20ClN3O2/c1-3-22-11-7-10-18-16(21)14-12(2)19-20(15(14)17)13-8-5-4-6-9-13/h4-6,8-9H,3,7,10-11H2,1-2H3,(H,18,21). The fraction of sp³-hybridized carbons (Fsp3) is 0.375. The highest BCUT2D eigenvalue weighted by molar-refractivity contribution is 6.33. The van der Waals surface area contributed by atoms with E-state index in [-0.39, 0.29) is 5.91 Å². The molecule has 0 aliphatic rings. The minimum atomic E-state index is -0.207. The van der Waals surface area contributed by atoms with Gasteiger partial charge in [0.15, 0.2) is 0 Å². The third-order valence-corrected chi connectivity index (χ3v) is 3.54. The number of para-hydroxylation sites is 1. The van der Waals surface area contributed by atoms with Gasteiger partial charge in [-0.25, -0.2) is 4.68 Å². The SMILES string of the molecule is CCOCCCNC(=O)c1c(C)nn(-c2ccccc2)c1Cl. The number of aromatic nitrogens is 2. The number of aryl methyl sites for hydroxylation is 1. The minimum absolute atomic E-state index is 0.207. The highest BCUT2D eigenvalue weighted by atomic mass is 35.5. The van der Waals surface area contributed by atoms with E-state index < -0.39 is 0 Å². The molecule has 0 radical (unpaired) electrons. The largest absolute Gasteiger partial charge is 0.382 e. The van der Waals surface area contributed by atoms with Gasteiger partial charge in [0.2, 0.25) is 0 Å². The van der Waals surface area contributed by atoms with Crippen molar-refractivity contribution in [3.63, 3.8) is 0 Å². The first-order valence-electron chi connectivity index (χ1n) is 7.31. The smallest absolute Gasteiger partial charge is 0.256 e. The number of nitrogens with zero attached hydrogens (tertiary/aromatic N) is 2. The lowest BCUT2D eigenvalue weighted by Gasteiger charge is -2.06. The minimum Gasteiger partial charge on any atom is -0.382 e. The van der Waals surface area contributed by atoms with Crippen LogP contribution in [-0.2, 0) is 4.74 Å². The highest BCUT2D eigenvalue weighted by Crippen LogP contribution is 2.23. The molecule has 0 saturated heterocycles. The molecule has 0 aliphatic carbocycles. The van der Waals surface area contributed by atoms with Gasteiger partial charge in [-0.15, -0.1) is 0 Å². The molecule has 1 aromatic heterocycles. The number of benzene rings is 1. The number of halogens is 1. The van der Waals surface area contributed by atoms with E-state index in [1.807, 2.05) is 37.3 Å². The summed E-state index contributed by atoms with van der Waals surface area (Å²) in [5.74, 6) is -0.207. The first-order chi connectivity index (χ1) is 10.6. The summed E-state index contributed by atoms with van der Waals surface area (Å²) >= 11 is 6.34. The third-order valence-electron chi connectivity index (χ3n) is 3.19. The Kier molecular flexibility index (Phi) is 5.98. The Morgan fingerprint density at radius 3 is 2.77 bits per heavy atom. The van der Waals surface area contributed by atoms with Crippen LogP contribution >= 0.6 is 11.6 Å². The number of nitrogens with one attached hydrogen (secondary N) is 1.